The number of hydrogen-bond acceptors (Lipinski definition) is 6. The van der Waals surface area contributed by atoms with Crippen molar-refractivity contribution in [1.29, 1.82) is 0 Å². The third kappa shape index (κ3) is 4.92. The Labute approximate surface area is 205 Å². The predicted molar refractivity (Wildman–Crippen MR) is 136 cm³/mol. The highest BCUT2D eigenvalue weighted by molar-refractivity contribution is 7.99. The first-order valence-corrected chi connectivity index (χ1v) is 12.9. The number of methoxy groups -OCH3 is 1. The van der Waals surface area contributed by atoms with Crippen molar-refractivity contribution in [3.8, 4) is 5.75 Å². The summed E-state index contributed by atoms with van der Waals surface area (Å²) in [7, 11) is 1.61. The average molecular weight is 478 g/mol. The molecule has 0 amide bonds. The van der Waals surface area contributed by atoms with Gasteiger partial charge in [0.2, 0.25) is 0 Å². The zero-order valence-electron chi connectivity index (χ0n) is 19.9. The number of benzene rings is 2. The molecule has 0 radical (unpaired) electrons. The second kappa shape index (κ2) is 11.0. The van der Waals surface area contributed by atoms with E-state index in [9.17, 15) is 9.59 Å². The van der Waals surface area contributed by atoms with Gasteiger partial charge in [0, 0.05) is 34.7 Å². The number of rotatable bonds is 8. The van der Waals surface area contributed by atoms with Crippen molar-refractivity contribution in [3.63, 3.8) is 0 Å². The second-order valence-corrected chi connectivity index (χ2v) is 9.90. The highest BCUT2D eigenvalue weighted by Gasteiger charge is 2.42. The molecular formula is C28H31NO4S. The number of ether oxygens (including phenoxy) is 2. The summed E-state index contributed by atoms with van der Waals surface area (Å²) in [5.41, 5.74) is 4.70. The van der Waals surface area contributed by atoms with Gasteiger partial charge in [0.25, 0.3) is 0 Å². The highest BCUT2D eigenvalue weighted by Crippen LogP contribution is 2.47. The second-order valence-electron chi connectivity index (χ2n) is 8.50. The molecule has 0 aromatic heterocycles. The summed E-state index contributed by atoms with van der Waals surface area (Å²) in [5, 5.41) is 3.41. The quantitative estimate of drug-likeness (QED) is 0.408. The minimum atomic E-state index is -0.525. The molecule has 0 saturated heterocycles. The number of carbonyl (C=O) groups excluding carboxylic acids is 2. The van der Waals surface area contributed by atoms with Crippen LogP contribution in [0.5, 0.6) is 5.75 Å². The molecule has 34 heavy (non-hydrogen) atoms. The van der Waals surface area contributed by atoms with Crippen LogP contribution in [0.2, 0.25) is 0 Å². The lowest BCUT2D eigenvalue weighted by atomic mass is 9.71. The minimum absolute atomic E-state index is 0.0536. The molecule has 4 rings (SSSR count). The number of nitrogens with one attached hydrogen (secondary N) is 1. The maximum Gasteiger partial charge on any atom is 0.336 e. The molecule has 1 aliphatic heterocycles. The van der Waals surface area contributed by atoms with Gasteiger partial charge in [-0.1, -0.05) is 55.5 Å². The van der Waals surface area contributed by atoms with Crippen molar-refractivity contribution in [2.75, 3.05) is 25.2 Å². The van der Waals surface area contributed by atoms with E-state index in [4.69, 9.17) is 9.47 Å². The Bertz CT molecular complexity index is 1120. The molecule has 2 atom stereocenters. The van der Waals surface area contributed by atoms with Crippen LogP contribution < -0.4 is 10.1 Å². The van der Waals surface area contributed by atoms with E-state index in [2.05, 4.69) is 24.4 Å². The third-order valence-electron chi connectivity index (χ3n) is 6.43. The first-order chi connectivity index (χ1) is 16.5. The Balaban J connectivity index is 1.75. The van der Waals surface area contributed by atoms with Crippen LogP contribution in [0.25, 0.3) is 0 Å². The van der Waals surface area contributed by atoms with E-state index in [0.29, 0.717) is 36.3 Å². The first kappa shape index (κ1) is 24.1. The highest BCUT2D eigenvalue weighted by atomic mass is 32.2. The molecule has 0 saturated carbocycles. The van der Waals surface area contributed by atoms with Gasteiger partial charge in [-0.25, -0.2) is 4.79 Å². The van der Waals surface area contributed by atoms with Crippen molar-refractivity contribution in [2.24, 2.45) is 0 Å². The van der Waals surface area contributed by atoms with Crippen molar-refractivity contribution in [3.05, 3.63) is 88.3 Å². The molecule has 5 nitrogen and oxygen atoms in total. The number of carbonyl (C=O) groups is 2. The number of ketones is 1. The van der Waals surface area contributed by atoms with Crippen LogP contribution in [0.3, 0.4) is 0 Å². The van der Waals surface area contributed by atoms with Crippen LogP contribution in [0, 0.1) is 0 Å². The van der Waals surface area contributed by atoms with Gasteiger partial charge >= 0.3 is 5.97 Å². The third-order valence-corrected chi connectivity index (χ3v) is 7.30. The van der Waals surface area contributed by atoms with Crippen LogP contribution in [-0.2, 0) is 14.3 Å². The molecule has 178 valence electrons. The number of dihydropyridines is 1. The maximum atomic E-state index is 13.7. The van der Waals surface area contributed by atoms with Gasteiger partial charge in [-0.2, -0.15) is 11.8 Å². The summed E-state index contributed by atoms with van der Waals surface area (Å²) in [6.45, 7) is 4.30. The van der Waals surface area contributed by atoms with E-state index in [1.807, 2.05) is 49.4 Å². The van der Waals surface area contributed by atoms with Crippen molar-refractivity contribution in [1.82, 2.24) is 5.32 Å². The SMILES string of the molecule is CCSCCOC(=O)C1=C(C)NC2=C(C(=O)C[C@@H](c3ccccc3)C2)[C@H]1c1ccccc1OC. The van der Waals surface area contributed by atoms with Gasteiger partial charge in [-0.3, -0.25) is 4.79 Å². The van der Waals surface area contributed by atoms with E-state index in [0.717, 1.165) is 34.0 Å². The van der Waals surface area contributed by atoms with Gasteiger partial charge in [-0.15, -0.1) is 0 Å². The number of allylic oxidation sites excluding steroid dienone is 3. The minimum Gasteiger partial charge on any atom is -0.496 e. The number of para-hydroxylation sites is 1. The predicted octanol–water partition coefficient (Wildman–Crippen LogP) is 5.35. The Hall–Kier alpha value is -2.99. The van der Waals surface area contributed by atoms with Gasteiger partial charge in [0.15, 0.2) is 5.78 Å². The molecule has 1 heterocycles. The van der Waals surface area contributed by atoms with Crippen LogP contribution in [-0.4, -0.2) is 37.0 Å². The number of esters is 1. The largest absolute Gasteiger partial charge is 0.496 e. The van der Waals surface area contributed by atoms with E-state index < -0.39 is 5.92 Å². The Morgan fingerprint density at radius 2 is 1.82 bits per heavy atom. The summed E-state index contributed by atoms with van der Waals surface area (Å²) >= 11 is 1.73. The monoisotopic (exact) mass is 477 g/mol. The fraction of sp³-hybridized carbons (Fsp3) is 0.357. The van der Waals surface area contributed by atoms with E-state index in [1.54, 1.807) is 18.9 Å². The molecule has 1 aliphatic carbocycles. The lowest BCUT2D eigenvalue weighted by Gasteiger charge is -2.37. The topological polar surface area (TPSA) is 64.6 Å². The first-order valence-electron chi connectivity index (χ1n) is 11.7. The fourth-order valence-electron chi connectivity index (χ4n) is 4.90. The standard InChI is InChI=1S/C28H31NO4S/c1-4-34-15-14-33-28(31)25-18(2)29-22-16-20(19-10-6-5-7-11-19)17-23(30)27(22)26(25)21-12-8-9-13-24(21)32-3/h5-13,20,26,29H,4,14-17H2,1-3H3/t20-,26-/m0/s1. The average Bonchev–Trinajstić information content (AvgIpc) is 2.86. The summed E-state index contributed by atoms with van der Waals surface area (Å²) < 4.78 is 11.3. The van der Waals surface area contributed by atoms with E-state index in [-0.39, 0.29) is 17.7 Å². The lowest BCUT2D eigenvalue weighted by molar-refractivity contribution is -0.138. The Morgan fingerprint density at radius 1 is 1.09 bits per heavy atom. The van der Waals surface area contributed by atoms with Gasteiger partial charge in [-0.05, 0) is 36.6 Å². The van der Waals surface area contributed by atoms with Gasteiger partial charge < -0.3 is 14.8 Å². The Kier molecular flexibility index (Phi) is 7.78. The molecule has 6 heteroatoms. The van der Waals surface area contributed by atoms with Crippen LogP contribution in [0.4, 0.5) is 0 Å². The zero-order chi connectivity index (χ0) is 24.1. The van der Waals surface area contributed by atoms with Crippen LogP contribution >= 0.6 is 11.8 Å². The smallest absolute Gasteiger partial charge is 0.336 e. The molecule has 2 aliphatic rings. The molecule has 0 unspecified atom stereocenters. The van der Waals surface area contributed by atoms with Crippen LogP contribution in [0.1, 0.15) is 49.7 Å². The zero-order valence-corrected chi connectivity index (χ0v) is 20.7. The Morgan fingerprint density at radius 3 is 2.56 bits per heavy atom. The number of Topliss-reactive ketones (excluding diaryl/α,β-unsaturated/α-hetero) is 1. The van der Waals surface area contributed by atoms with E-state index in [1.165, 1.54) is 0 Å². The molecule has 2 aromatic carbocycles. The molecule has 0 spiro atoms. The normalized spacial score (nSPS) is 20.0. The summed E-state index contributed by atoms with van der Waals surface area (Å²) in [6.07, 6.45) is 1.12. The molecule has 0 fully saturated rings. The van der Waals surface area contributed by atoms with Crippen molar-refractivity contribution in [2.45, 2.75) is 38.5 Å². The molecule has 2 aromatic rings. The molecule has 1 N–H and O–H groups in total. The van der Waals surface area contributed by atoms with E-state index >= 15 is 0 Å². The molecule has 0 bridgehead atoms. The summed E-state index contributed by atoms with van der Waals surface area (Å²) in [6, 6.07) is 17.8. The fourth-order valence-corrected chi connectivity index (χ4v) is 5.39. The lowest BCUT2D eigenvalue weighted by Crippen LogP contribution is -2.36. The van der Waals surface area contributed by atoms with Crippen LogP contribution in [0.15, 0.2) is 77.1 Å². The van der Waals surface area contributed by atoms with Crippen molar-refractivity contribution >= 4 is 23.5 Å². The van der Waals surface area contributed by atoms with Gasteiger partial charge in [0.1, 0.15) is 12.4 Å². The van der Waals surface area contributed by atoms with Crippen molar-refractivity contribution < 1.29 is 19.1 Å². The number of hydrogen-bond donors (Lipinski definition) is 1. The summed E-state index contributed by atoms with van der Waals surface area (Å²) in [5.74, 6) is 1.61. The maximum absolute atomic E-state index is 13.7. The van der Waals surface area contributed by atoms with Gasteiger partial charge in [0.05, 0.1) is 18.6 Å². The summed E-state index contributed by atoms with van der Waals surface area (Å²) in [4.78, 5) is 27.0. The molecular weight excluding hydrogens is 446 g/mol. The number of thioether (sulfide) groups is 1.